The van der Waals surface area contributed by atoms with Crippen molar-refractivity contribution < 1.29 is 31.5 Å². The summed E-state index contributed by atoms with van der Waals surface area (Å²) in [5.41, 5.74) is 0. The normalized spacial score (nSPS) is 11.2. The van der Waals surface area contributed by atoms with Gasteiger partial charge in [0.25, 0.3) is 10.0 Å². The molecule has 1 amide bonds. The Morgan fingerprint density at radius 3 is 2.00 bits per heavy atom. The lowest BCUT2D eigenvalue weighted by Crippen LogP contribution is -2.30. The highest BCUT2D eigenvalue weighted by Crippen LogP contribution is 2.19. The zero-order chi connectivity index (χ0) is 12.5. The summed E-state index contributed by atoms with van der Waals surface area (Å²) in [5, 5.41) is 8.14. The van der Waals surface area contributed by atoms with Crippen LogP contribution in [-0.2, 0) is 10.0 Å². The molecule has 0 spiro atoms. The number of hydrogen-bond acceptors (Lipinski definition) is 3. The van der Waals surface area contributed by atoms with E-state index < -0.39 is 38.5 Å². The van der Waals surface area contributed by atoms with Crippen LogP contribution in [0.15, 0.2) is 17.0 Å². The first kappa shape index (κ1) is 12.3. The molecule has 0 saturated heterocycles. The molecule has 0 bridgehead atoms. The van der Waals surface area contributed by atoms with Crippen molar-refractivity contribution in [3.63, 3.8) is 0 Å². The Bertz CT molecular complexity index is 520. The molecular formula is C7H4F3NO4S. The van der Waals surface area contributed by atoms with Crippen LogP contribution in [0.25, 0.3) is 0 Å². The van der Waals surface area contributed by atoms with Crippen LogP contribution in [-0.4, -0.2) is 19.6 Å². The molecule has 2 N–H and O–H groups in total. The second-order valence-corrected chi connectivity index (χ2v) is 4.23. The van der Waals surface area contributed by atoms with Crippen molar-refractivity contribution in [2.45, 2.75) is 4.90 Å². The Morgan fingerprint density at radius 2 is 1.62 bits per heavy atom. The Hall–Kier alpha value is -1.77. The average molecular weight is 255 g/mol. The molecule has 5 nitrogen and oxygen atoms in total. The maximum atomic E-state index is 13.0. The van der Waals surface area contributed by atoms with Crippen LogP contribution in [0.4, 0.5) is 18.0 Å². The lowest BCUT2D eigenvalue weighted by Gasteiger charge is -2.05. The highest BCUT2D eigenvalue weighted by atomic mass is 32.2. The van der Waals surface area contributed by atoms with Crippen molar-refractivity contribution in [1.82, 2.24) is 4.72 Å². The SMILES string of the molecule is O=C(O)NS(=O)(=O)c1c(F)cc(F)cc1F. The van der Waals surface area contributed by atoms with E-state index in [1.54, 1.807) is 0 Å². The molecule has 1 aromatic carbocycles. The second kappa shape index (κ2) is 4.00. The Labute approximate surface area is 87.6 Å². The van der Waals surface area contributed by atoms with Gasteiger partial charge in [0.05, 0.1) is 0 Å². The number of sulfonamides is 1. The first-order valence-corrected chi connectivity index (χ1v) is 5.12. The predicted octanol–water partition coefficient (Wildman–Crippen LogP) is 1.06. The molecule has 0 saturated carbocycles. The van der Waals surface area contributed by atoms with Gasteiger partial charge in [-0.15, -0.1) is 0 Å². The highest BCUT2D eigenvalue weighted by Gasteiger charge is 2.26. The van der Waals surface area contributed by atoms with Crippen molar-refractivity contribution in [3.8, 4) is 0 Å². The molecule has 1 rings (SSSR count). The fraction of sp³-hybridized carbons (Fsp3) is 0. The molecule has 0 aliphatic heterocycles. The number of hydrogen-bond donors (Lipinski definition) is 2. The van der Waals surface area contributed by atoms with E-state index in [1.807, 2.05) is 0 Å². The van der Waals surface area contributed by atoms with E-state index in [-0.39, 0.29) is 12.1 Å². The first-order chi connectivity index (χ1) is 7.24. The summed E-state index contributed by atoms with van der Waals surface area (Å²) in [6, 6.07) is 0.249. The lowest BCUT2D eigenvalue weighted by molar-refractivity contribution is 0.201. The molecule has 9 heteroatoms. The molecule has 0 aliphatic rings. The van der Waals surface area contributed by atoms with E-state index in [0.29, 0.717) is 0 Å². The summed E-state index contributed by atoms with van der Waals surface area (Å²) < 4.78 is 61.5. The van der Waals surface area contributed by atoms with Crippen molar-refractivity contribution in [2.24, 2.45) is 0 Å². The number of rotatable bonds is 2. The zero-order valence-electron chi connectivity index (χ0n) is 7.37. The largest absolute Gasteiger partial charge is 0.464 e. The van der Waals surface area contributed by atoms with Crippen molar-refractivity contribution >= 4 is 16.1 Å². The van der Waals surface area contributed by atoms with E-state index in [2.05, 4.69) is 0 Å². The van der Waals surface area contributed by atoms with Gasteiger partial charge in [-0.3, -0.25) is 0 Å². The van der Waals surface area contributed by atoms with Gasteiger partial charge in [-0.2, -0.15) is 0 Å². The molecule has 0 unspecified atom stereocenters. The van der Waals surface area contributed by atoms with Crippen LogP contribution < -0.4 is 4.72 Å². The minimum Gasteiger partial charge on any atom is -0.464 e. The van der Waals surface area contributed by atoms with Gasteiger partial charge in [-0.05, 0) is 0 Å². The number of carbonyl (C=O) groups is 1. The third-order valence-electron chi connectivity index (χ3n) is 1.45. The molecule has 0 aromatic heterocycles. The Morgan fingerprint density at radius 1 is 1.19 bits per heavy atom. The number of benzene rings is 1. The Kier molecular flexibility index (Phi) is 3.08. The smallest absolute Gasteiger partial charge is 0.418 e. The third kappa shape index (κ3) is 2.42. The van der Waals surface area contributed by atoms with Crippen LogP contribution in [0, 0.1) is 17.5 Å². The fourth-order valence-corrected chi connectivity index (χ4v) is 1.91. The highest BCUT2D eigenvalue weighted by molar-refractivity contribution is 7.90. The van der Waals surface area contributed by atoms with Gasteiger partial charge in [0, 0.05) is 12.1 Å². The Balaban J connectivity index is 3.39. The van der Waals surface area contributed by atoms with Crippen LogP contribution in [0.5, 0.6) is 0 Å². The quantitative estimate of drug-likeness (QED) is 0.827. The summed E-state index contributed by atoms with van der Waals surface area (Å²) in [7, 11) is -4.90. The summed E-state index contributed by atoms with van der Waals surface area (Å²) in [6.45, 7) is 0. The van der Waals surface area contributed by atoms with E-state index in [0.717, 1.165) is 4.72 Å². The summed E-state index contributed by atoms with van der Waals surface area (Å²) in [5.74, 6) is -4.75. The van der Waals surface area contributed by atoms with Gasteiger partial charge < -0.3 is 5.11 Å². The first-order valence-electron chi connectivity index (χ1n) is 3.64. The number of amides is 1. The third-order valence-corrected chi connectivity index (χ3v) is 2.82. The molecule has 0 fully saturated rings. The average Bonchev–Trinajstić information content (AvgIpc) is 1.96. The second-order valence-electron chi connectivity index (χ2n) is 2.61. The molecule has 0 aliphatic carbocycles. The molecular weight excluding hydrogens is 251 g/mol. The van der Waals surface area contributed by atoms with E-state index in [9.17, 15) is 26.4 Å². The van der Waals surface area contributed by atoms with Crippen LogP contribution in [0.3, 0.4) is 0 Å². The summed E-state index contributed by atoms with van der Waals surface area (Å²) in [4.78, 5) is 8.52. The van der Waals surface area contributed by atoms with Gasteiger partial charge in [0.15, 0.2) is 4.90 Å². The monoisotopic (exact) mass is 255 g/mol. The number of nitrogens with one attached hydrogen (secondary N) is 1. The van der Waals surface area contributed by atoms with Crippen LogP contribution in [0.1, 0.15) is 0 Å². The summed E-state index contributed by atoms with van der Waals surface area (Å²) >= 11 is 0. The molecule has 0 atom stereocenters. The fourth-order valence-electron chi connectivity index (χ4n) is 0.952. The zero-order valence-corrected chi connectivity index (χ0v) is 8.19. The van der Waals surface area contributed by atoms with Crippen molar-refractivity contribution in [1.29, 1.82) is 0 Å². The van der Waals surface area contributed by atoms with Crippen molar-refractivity contribution in [2.75, 3.05) is 0 Å². The van der Waals surface area contributed by atoms with E-state index in [4.69, 9.17) is 5.11 Å². The molecule has 0 radical (unpaired) electrons. The maximum Gasteiger partial charge on any atom is 0.418 e. The van der Waals surface area contributed by atoms with E-state index in [1.165, 1.54) is 0 Å². The standard InChI is InChI=1S/C7H4F3NO4S/c8-3-1-4(9)6(5(10)2-3)16(14,15)11-7(12)13/h1-2,11H,(H,12,13). The maximum absolute atomic E-state index is 13.0. The molecule has 0 heterocycles. The minimum atomic E-state index is -4.90. The minimum absolute atomic E-state index is 0.124. The van der Waals surface area contributed by atoms with E-state index >= 15 is 0 Å². The van der Waals surface area contributed by atoms with Gasteiger partial charge in [-0.25, -0.2) is 31.1 Å². The molecule has 1 aromatic rings. The van der Waals surface area contributed by atoms with Crippen molar-refractivity contribution in [3.05, 3.63) is 29.6 Å². The topological polar surface area (TPSA) is 83.5 Å². The van der Waals surface area contributed by atoms with Gasteiger partial charge in [0.1, 0.15) is 17.5 Å². The van der Waals surface area contributed by atoms with Crippen LogP contribution in [0.2, 0.25) is 0 Å². The molecule has 88 valence electrons. The van der Waals surface area contributed by atoms with Gasteiger partial charge in [-0.1, -0.05) is 0 Å². The van der Waals surface area contributed by atoms with Crippen LogP contribution >= 0.6 is 0 Å². The predicted molar refractivity (Wildman–Crippen MR) is 44.7 cm³/mol. The van der Waals surface area contributed by atoms with Gasteiger partial charge in [0.2, 0.25) is 0 Å². The van der Waals surface area contributed by atoms with Gasteiger partial charge >= 0.3 is 6.09 Å². The summed E-state index contributed by atoms with van der Waals surface area (Å²) in [6.07, 6.45) is -2.01. The number of halogens is 3. The molecule has 16 heavy (non-hydrogen) atoms. The lowest BCUT2D eigenvalue weighted by atomic mass is 10.3. The number of carboxylic acid groups (broad SMARTS) is 1.